The molecule has 0 atom stereocenters. The monoisotopic (exact) mass is 199 g/mol. The molecular weight excluding hydrogens is 178 g/mol. The van der Waals surface area contributed by atoms with E-state index >= 15 is 0 Å². The fraction of sp³-hybridized carbons (Fsp3) is 0.909. The summed E-state index contributed by atoms with van der Waals surface area (Å²) in [6, 6.07) is 0.528. The summed E-state index contributed by atoms with van der Waals surface area (Å²) in [4.78, 5) is 13.4. The van der Waals surface area contributed by atoms with E-state index in [1.165, 1.54) is 0 Å². The summed E-state index contributed by atoms with van der Waals surface area (Å²) < 4.78 is 0. The molecule has 0 heterocycles. The van der Waals surface area contributed by atoms with Crippen LogP contribution in [0.15, 0.2) is 0 Å². The average Bonchev–Trinajstić information content (AvgIpc) is 2.19. The molecule has 0 amide bonds. The number of rotatable bonds is 5. The van der Waals surface area contributed by atoms with Crippen LogP contribution < -0.4 is 0 Å². The van der Waals surface area contributed by atoms with Crippen LogP contribution in [0, 0.1) is 0 Å². The van der Waals surface area contributed by atoms with Crippen molar-refractivity contribution < 1.29 is 9.90 Å². The molecule has 1 fully saturated rings. The Morgan fingerprint density at radius 3 is 2.50 bits per heavy atom. The van der Waals surface area contributed by atoms with Crippen molar-refractivity contribution in [1.29, 1.82) is 0 Å². The summed E-state index contributed by atoms with van der Waals surface area (Å²) in [6.45, 7) is 4.18. The predicted molar refractivity (Wildman–Crippen MR) is 56.2 cm³/mol. The fourth-order valence-electron chi connectivity index (χ4n) is 2.18. The molecule has 0 unspecified atom stereocenters. The number of hydrogen-bond donors (Lipinski definition) is 1. The minimum Gasteiger partial charge on any atom is -0.395 e. The van der Waals surface area contributed by atoms with Gasteiger partial charge in [-0.2, -0.15) is 0 Å². The predicted octanol–water partition coefficient (Wildman–Crippen LogP) is 1.20. The zero-order valence-corrected chi connectivity index (χ0v) is 9.04. The van der Waals surface area contributed by atoms with E-state index < -0.39 is 0 Å². The van der Waals surface area contributed by atoms with Crippen molar-refractivity contribution in [3.63, 3.8) is 0 Å². The van der Waals surface area contributed by atoms with E-state index in [1.54, 1.807) is 0 Å². The highest BCUT2D eigenvalue weighted by atomic mass is 16.3. The van der Waals surface area contributed by atoms with E-state index in [1.807, 2.05) is 0 Å². The number of Topliss-reactive ketones (excluding diaryl/α,β-unsaturated/α-hetero) is 1. The molecule has 0 radical (unpaired) electrons. The van der Waals surface area contributed by atoms with Gasteiger partial charge in [-0.05, 0) is 25.8 Å². The van der Waals surface area contributed by atoms with Crippen LogP contribution in [-0.4, -0.2) is 41.5 Å². The van der Waals surface area contributed by atoms with Gasteiger partial charge in [0.05, 0.1) is 6.61 Å². The second kappa shape index (κ2) is 6.14. The van der Waals surface area contributed by atoms with E-state index in [9.17, 15) is 4.79 Å². The number of aliphatic hydroxyl groups is 1. The molecule has 3 nitrogen and oxygen atoms in total. The normalized spacial score (nSPS) is 19.2. The molecule has 0 bridgehead atoms. The number of nitrogens with zero attached hydrogens (tertiary/aromatic N) is 1. The molecule has 1 N–H and O–H groups in total. The van der Waals surface area contributed by atoms with Gasteiger partial charge in [-0.15, -0.1) is 0 Å². The van der Waals surface area contributed by atoms with Crippen LogP contribution in [0.25, 0.3) is 0 Å². The Morgan fingerprint density at radius 1 is 1.36 bits per heavy atom. The number of ketones is 1. The van der Waals surface area contributed by atoms with Gasteiger partial charge >= 0.3 is 0 Å². The zero-order chi connectivity index (χ0) is 10.4. The van der Waals surface area contributed by atoms with Gasteiger partial charge in [-0.3, -0.25) is 9.69 Å². The maximum Gasteiger partial charge on any atom is 0.133 e. The summed E-state index contributed by atoms with van der Waals surface area (Å²) in [6.07, 6.45) is 4.55. The molecule has 1 saturated carbocycles. The molecule has 14 heavy (non-hydrogen) atoms. The third-order valence-corrected chi connectivity index (χ3v) is 2.93. The molecule has 3 heteroatoms. The van der Waals surface area contributed by atoms with Gasteiger partial charge in [-0.25, -0.2) is 0 Å². The molecule has 0 aliphatic heterocycles. The van der Waals surface area contributed by atoms with Crippen LogP contribution in [0.4, 0.5) is 0 Å². The molecule has 0 saturated heterocycles. The van der Waals surface area contributed by atoms with E-state index in [4.69, 9.17) is 5.11 Å². The lowest BCUT2D eigenvalue weighted by Gasteiger charge is -2.33. The van der Waals surface area contributed by atoms with Crippen LogP contribution in [0.2, 0.25) is 0 Å². The molecule has 0 aromatic rings. The summed E-state index contributed by atoms with van der Waals surface area (Å²) in [7, 11) is 0. The fourth-order valence-corrected chi connectivity index (χ4v) is 2.18. The van der Waals surface area contributed by atoms with Gasteiger partial charge in [0.1, 0.15) is 5.78 Å². The van der Waals surface area contributed by atoms with Crippen LogP contribution in [0.3, 0.4) is 0 Å². The Bertz CT molecular complexity index is 166. The van der Waals surface area contributed by atoms with E-state index in [2.05, 4.69) is 11.8 Å². The summed E-state index contributed by atoms with van der Waals surface area (Å²) in [5, 5.41) is 8.94. The summed E-state index contributed by atoms with van der Waals surface area (Å²) in [5.41, 5.74) is 0. The smallest absolute Gasteiger partial charge is 0.133 e. The summed E-state index contributed by atoms with van der Waals surface area (Å²) in [5.74, 6) is 0.404. The molecule has 0 aromatic carbocycles. The van der Waals surface area contributed by atoms with Gasteiger partial charge in [0.15, 0.2) is 0 Å². The Labute approximate surface area is 86.1 Å². The first-order chi connectivity index (χ1) is 6.77. The Morgan fingerprint density at radius 2 is 2.00 bits per heavy atom. The Kier molecular flexibility index (Phi) is 5.12. The first-order valence-electron chi connectivity index (χ1n) is 5.64. The van der Waals surface area contributed by atoms with E-state index in [0.29, 0.717) is 11.8 Å². The topological polar surface area (TPSA) is 40.5 Å². The highest BCUT2D eigenvalue weighted by Gasteiger charge is 2.23. The Hall–Kier alpha value is -0.410. The minimum absolute atomic E-state index is 0.227. The average molecular weight is 199 g/mol. The molecule has 0 aromatic heterocycles. The van der Waals surface area contributed by atoms with E-state index in [0.717, 1.165) is 45.2 Å². The lowest BCUT2D eigenvalue weighted by Crippen LogP contribution is -2.40. The van der Waals surface area contributed by atoms with E-state index in [-0.39, 0.29) is 6.61 Å². The van der Waals surface area contributed by atoms with Gasteiger partial charge in [-0.1, -0.05) is 6.92 Å². The van der Waals surface area contributed by atoms with Gasteiger partial charge < -0.3 is 5.11 Å². The second-order valence-electron chi connectivity index (χ2n) is 4.03. The largest absolute Gasteiger partial charge is 0.395 e. The van der Waals surface area contributed by atoms with Crippen LogP contribution >= 0.6 is 0 Å². The maximum atomic E-state index is 11.1. The highest BCUT2D eigenvalue weighted by molar-refractivity contribution is 5.79. The SMILES string of the molecule is CCCN(CCO)C1CCC(=O)CC1. The van der Waals surface area contributed by atoms with Crippen molar-refractivity contribution in [3.8, 4) is 0 Å². The second-order valence-corrected chi connectivity index (χ2v) is 4.03. The summed E-state index contributed by atoms with van der Waals surface area (Å²) >= 11 is 0. The van der Waals surface area contributed by atoms with Crippen molar-refractivity contribution in [2.45, 2.75) is 45.1 Å². The minimum atomic E-state index is 0.227. The van der Waals surface area contributed by atoms with Crippen LogP contribution in [0.5, 0.6) is 0 Å². The quantitative estimate of drug-likeness (QED) is 0.723. The third-order valence-electron chi connectivity index (χ3n) is 2.93. The highest BCUT2D eigenvalue weighted by Crippen LogP contribution is 2.20. The number of carbonyl (C=O) groups is 1. The molecule has 1 aliphatic carbocycles. The van der Waals surface area contributed by atoms with Crippen molar-refractivity contribution in [1.82, 2.24) is 4.90 Å². The molecule has 82 valence electrons. The first kappa shape index (κ1) is 11.7. The third kappa shape index (κ3) is 3.39. The maximum absolute atomic E-state index is 11.1. The molecule has 0 spiro atoms. The number of aliphatic hydroxyl groups excluding tert-OH is 1. The lowest BCUT2D eigenvalue weighted by atomic mass is 9.93. The van der Waals surface area contributed by atoms with Crippen molar-refractivity contribution in [2.24, 2.45) is 0 Å². The number of carbonyl (C=O) groups excluding carboxylic acids is 1. The van der Waals surface area contributed by atoms with Gasteiger partial charge in [0.25, 0.3) is 0 Å². The van der Waals surface area contributed by atoms with Gasteiger partial charge in [0.2, 0.25) is 0 Å². The van der Waals surface area contributed by atoms with Crippen LogP contribution in [0.1, 0.15) is 39.0 Å². The molecule has 1 aliphatic rings. The molecule has 1 rings (SSSR count). The number of hydrogen-bond acceptors (Lipinski definition) is 3. The van der Waals surface area contributed by atoms with Crippen molar-refractivity contribution in [3.05, 3.63) is 0 Å². The molecular formula is C11H21NO2. The first-order valence-corrected chi connectivity index (χ1v) is 5.64. The van der Waals surface area contributed by atoms with Gasteiger partial charge in [0, 0.05) is 25.4 Å². The van der Waals surface area contributed by atoms with Crippen molar-refractivity contribution in [2.75, 3.05) is 19.7 Å². The Balaban J connectivity index is 2.38. The standard InChI is InChI=1S/C11H21NO2/c1-2-7-12(8-9-13)10-3-5-11(14)6-4-10/h10,13H,2-9H2,1H3. The zero-order valence-electron chi connectivity index (χ0n) is 9.04. The van der Waals surface area contributed by atoms with Crippen molar-refractivity contribution >= 4 is 5.78 Å². The lowest BCUT2D eigenvalue weighted by molar-refractivity contribution is -0.121. The van der Waals surface area contributed by atoms with Crippen LogP contribution in [-0.2, 0) is 4.79 Å².